The molecule has 1 rings (SSSR count). The van der Waals surface area contributed by atoms with Crippen LogP contribution in [0.5, 0.6) is 5.75 Å². The van der Waals surface area contributed by atoms with Crippen LogP contribution in [0.25, 0.3) is 0 Å². The van der Waals surface area contributed by atoms with E-state index in [2.05, 4.69) is 5.32 Å². The standard InChI is InChI=1S/C13H18ClNO4/c1-13(2,3)19-12(18)15-8-4-5-10(16)9(6-8)11(17)7-14/h4-6,11,16-17H,7H2,1-3H3,(H,15,18). The number of hydrogen-bond donors (Lipinski definition) is 3. The number of aliphatic hydroxyl groups is 1. The highest BCUT2D eigenvalue weighted by molar-refractivity contribution is 6.18. The van der Waals surface area contributed by atoms with Crippen LogP contribution in [-0.4, -0.2) is 27.8 Å². The number of halogens is 1. The second-order valence-electron chi connectivity index (χ2n) is 5.07. The van der Waals surface area contributed by atoms with Crippen LogP contribution >= 0.6 is 11.6 Å². The Morgan fingerprint density at radius 2 is 2.11 bits per heavy atom. The quantitative estimate of drug-likeness (QED) is 0.590. The van der Waals surface area contributed by atoms with Crippen molar-refractivity contribution in [3.05, 3.63) is 23.8 Å². The van der Waals surface area contributed by atoms with Crippen molar-refractivity contribution in [2.75, 3.05) is 11.2 Å². The summed E-state index contributed by atoms with van der Waals surface area (Å²) in [7, 11) is 0. The van der Waals surface area contributed by atoms with Crippen LogP contribution in [0.3, 0.4) is 0 Å². The van der Waals surface area contributed by atoms with Crippen LogP contribution in [0, 0.1) is 0 Å². The number of ether oxygens (including phenoxy) is 1. The Kier molecular flexibility index (Phi) is 5.03. The van der Waals surface area contributed by atoms with Crippen LogP contribution < -0.4 is 5.32 Å². The predicted octanol–water partition coefficient (Wildman–Crippen LogP) is 3.01. The summed E-state index contributed by atoms with van der Waals surface area (Å²) in [5.74, 6) is -0.133. The molecule has 1 aromatic carbocycles. The van der Waals surface area contributed by atoms with E-state index in [-0.39, 0.29) is 17.2 Å². The van der Waals surface area contributed by atoms with E-state index in [4.69, 9.17) is 16.3 Å². The second-order valence-corrected chi connectivity index (χ2v) is 5.38. The first-order valence-electron chi connectivity index (χ1n) is 5.80. The molecule has 19 heavy (non-hydrogen) atoms. The molecule has 6 heteroatoms. The summed E-state index contributed by atoms with van der Waals surface area (Å²) in [6.07, 6.45) is -1.61. The lowest BCUT2D eigenvalue weighted by molar-refractivity contribution is 0.0636. The van der Waals surface area contributed by atoms with Crippen molar-refractivity contribution in [2.24, 2.45) is 0 Å². The van der Waals surface area contributed by atoms with E-state index in [1.165, 1.54) is 18.2 Å². The molecule has 0 fully saturated rings. The fraction of sp³-hybridized carbons (Fsp3) is 0.462. The summed E-state index contributed by atoms with van der Waals surface area (Å²) in [4.78, 5) is 11.6. The smallest absolute Gasteiger partial charge is 0.412 e. The minimum atomic E-state index is -0.998. The van der Waals surface area contributed by atoms with Gasteiger partial charge in [-0.25, -0.2) is 4.79 Å². The highest BCUT2D eigenvalue weighted by atomic mass is 35.5. The van der Waals surface area contributed by atoms with Gasteiger partial charge in [0, 0.05) is 11.3 Å². The van der Waals surface area contributed by atoms with Crippen molar-refractivity contribution in [1.82, 2.24) is 0 Å². The van der Waals surface area contributed by atoms with Crippen molar-refractivity contribution in [2.45, 2.75) is 32.5 Å². The molecule has 1 aromatic rings. The van der Waals surface area contributed by atoms with Gasteiger partial charge in [-0.05, 0) is 39.0 Å². The van der Waals surface area contributed by atoms with Crippen LogP contribution in [0.4, 0.5) is 10.5 Å². The maximum absolute atomic E-state index is 11.6. The fourth-order valence-electron chi connectivity index (χ4n) is 1.40. The maximum atomic E-state index is 11.6. The molecule has 1 unspecified atom stereocenters. The summed E-state index contributed by atoms with van der Waals surface area (Å²) in [6, 6.07) is 4.33. The van der Waals surface area contributed by atoms with Crippen molar-refractivity contribution in [1.29, 1.82) is 0 Å². The Morgan fingerprint density at radius 1 is 1.47 bits per heavy atom. The second kappa shape index (κ2) is 6.12. The number of amides is 1. The van der Waals surface area contributed by atoms with E-state index in [1.807, 2.05) is 0 Å². The molecule has 0 aliphatic rings. The number of alkyl halides is 1. The molecule has 0 spiro atoms. The van der Waals surface area contributed by atoms with Gasteiger partial charge in [-0.15, -0.1) is 11.6 Å². The van der Waals surface area contributed by atoms with Gasteiger partial charge < -0.3 is 14.9 Å². The highest BCUT2D eigenvalue weighted by Gasteiger charge is 2.17. The Labute approximate surface area is 117 Å². The number of carbonyl (C=O) groups is 1. The number of anilines is 1. The molecule has 5 nitrogen and oxygen atoms in total. The SMILES string of the molecule is CC(C)(C)OC(=O)Nc1ccc(O)c(C(O)CCl)c1. The number of hydrogen-bond acceptors (Lipinski definition) is 4. The van der Waals surface area contributed by atoms with Crippen LogP contribution in [0.2, 0.25) is 0 Å². The molecule has 0 saturated heterocycles. The van der Waals surface area contributed by atoms with Crippen LogP contribution in [-0.2, 0) is 4.74 Å². The molecular weight excluding hydrogens is 270 g/mol. The first kappa shape index (κ1) is 15.6. The fourth-order valence-corrected chi connectivity index (χ4v) is 1.57. The van der Waals surface area contributed by atoms with E-state index in [0.29, 0.717) is 5.69 Å². The van der Waals surface area contributed by atoms with E-state index >= 15 is 0 Å². The van der Waals surface area contributed by atoms with Gasteiger partial charge in [0.25, 0.3) is 0 Å². The van der Waals surface area contributed by atoms with Gasteiger partial charge in [0.15, 0.2) is 0 Å². The molecule has 0 bridgehead atoms. The number of carbonyl (C=O) groups excluding carboxylic acids is 1. The van der Waals surface area contributed by atoms with Crippen molar-refractivity contribution in [3.8, 4) is 5.75 Å². The number of aliphatic hydroxyl groups excluding tert-OH is 1. The molecule has 1 amide bonds. The zero-order valence-electron chi connectivity index (χ0n) is 11.1. The molecule has 0 saturated carbocycles. The lowest BCUT2D eigenvalue weighted by Gasteiger charge is -2.20. The Balaban J connectivity index is 2.83. The first-order chi connectivity index (χ1) is 8.73. The molecule has 0 radical (unpaired) electrons. The van der Waals surface area contributed by atoms with Gasteiger partial charge >= 0.3 is 6.09 Å². The third-order valence-electron chi connectivity index (χ3n) is 2.18. The van der Waals surface area contributed by atoms with E-state index < -0.39 is 17.8 Å². The average molecular weight is 288 g/mol. The Bertz CT molecular complexity index is 456. The molecule has 0 aliphatic carbocycles. The lowest BCUT2D eigenvalue weighted by atomic mass is 10.1. The number of aromatic hydroxyl groups is 1. The van der Waals surface area contributed by atoms with Gasteiger partial charge in [0.1, 0.15) is 11.4 Å². The average Bonchev–Trinajstić information content (AvgIpc) is 2.28. The lowest BCUT2D eigenvalue weighted by Crippen LogP contribution is -2.27. The van der Waals surface area contributed by atoms with Crippen LogP contribution in [0.1, 0.15) is 32.4 Å². The van der Waals surface area contributed by atoms with Gasteiger partial charge in [-0.2, -0.15) is 0 Å². The summed E-state index contributed by atoms with van der Waals surface area (Å²) in [5, 5.41) is 21.7. The van der Waals surface area contributed by atoms with Crippen LogP contribution in [0.15, 0.2) is 18.2 Å². The molecule has 1 atom stereocenters. The minimum Gasteiger partial charge on any atom is -0.508 e. The van der Waals surface area contributed by atoms with Crippen molar-refractivity contribution < 1.29 is 19.7 Å². The number of phenolic OH excluding ortho intramolecular Hbond substituents is 1. The number of rotatable bonds is 3. The molecule has 106 valence electrons. The Morgan fingerprint density at radius 3 is 2.63 bits per heavy atom. The van der Waals surface area contributed by atoms with Crippen molar-refractivity contribution in [3.63, 3.8) is 0 Å². The molecular formula is C13H18ClNO4. The number of benzene rings is 1. The third kappa shape index (κ3) is 4.96. The van der Waals surface area contributed by atoms with Gasteiger partial charge in [-0.1, -0.05) is 0 Å². The maximum Gasteiger partial charge on any atom is 0.412 e. The highest BCUT2D eigenvalue weighted by Crippen LogP contribution is 2.28. The van der Waals surface area contributed by atoms with E-state index in [9.17, 15) is 15.0 Å². The molecule has 0 aromatic heterocycles. The normalized spacial score (nSPS) is 12.9. The van der Waals surface area contributed by atoms with Gasteiger partial charge in [0.2, 0.25) is 0 Å². The van der Waals surface area contributed by atoms with Crippen molar-refractivity contribution >= 4 is 23.4 Å². The molecule has 0 aliphatic heterocycles. The van der Waals surface area contributed by atoms with Gasteiger partial charge in [-0.3, -0.25) is 5.32 Å². The predicted molar refractivity (Wildman–Crippen MR) is 73.6 cm³/mol. The van der Waals surface area contributed by atoms with E-state index in [0.717, 1.165) is 0 Å². The summed E-state index contributed by atoms with van der Waals surface area (Å²) in [5.41, 5.74) is 0.0641. The minimum absolute atomic E-state index is 0.0521. The first-order valence-corrected chi connectivity index (χ1v) is 6.33. The zero-order chi connectivity index (χ0) is 14.6. The topological polar surface area (TPSA) is 78.8 Å². The Hall–Kier alpha value is -1.46. The largest absolute Gasteiger partial charge is 0.508 e. The molecule has 3 N–H and O–H groups in total. The zero-order valence-corrected chi connectivity index (χ0v) is 11.9. The summed E-state index contributed by atoms with van der Waals surface area (Å²) in [6.45, 7) is 5.27. The summed E-state index contributed by atoms with van der Waals surface area (Å²) >= 11 is 5.53. The van der Waals surface area contributed by atoms with Gasteiger partial charge in [0.05, 0.1) is 12.0 Å². The number of nitrogens with one attached hydrogen (secondary N) is 1. The molecule has 0 heterocycles. The third-order valence-corrected chi connectivity index (χ3v) is 2.47. The number of phenols is 1. The monoisotopic (exact) mass is 287 g/mol. The van der Waals surface area contributed by atoms with E-state index in [1.54, 1.807) is 20.8 Å². The summed E-state index contributed by atoms with van der Waals surface area (Å²) < 4.78 is 5.10.